The number of hydrogen-bond acceptors (Lipinski definition) is 3. The third-order valence-electron chi connectivity index (χ3n) is 2.70. The molecule has 1 N–H and O–H groups in total. The van der Waals surface area contributed by atoms with Crippen molar-refractivity contribution in [1.29, 1.82) is 0 Å². The van der Waals surface area contributed by atoms with Crippen LogP contribution in [-0.2, 0) is 0 Å². The maximum Gasteiger partial charge on any atom is 0.0595 e. The number of nitrogens with one attached hydrogen (secondary N) is 1. The van der Waals surface area contributed by atoms with Gasteiger partial charge in [-0.3, -0.25) is 0 Å². The van der Waals surface area contributed by atoms with Crippen molar-refractivity contribution in [2.45, 2.75) is 26.8 Å². The van der Waals surface area contributed by atoms with Crippen LogP contribution in [0.25, 0.3) is 0 Å². The Labute approximate surface area is 105 Å². The van der Waals surface area contributed by atoms with Crippen LogP contribution < -0.4 is 5.32 Å². The Balaban J connectivity index is 2.34. The van der Waals surface area contributed by atoms with Crippen LogP contribution in [0.4, 0.5) is 0 Å². The molecular weight excluding hydrogens is 234 g/mol. The highest BCUT2D eigenvalue weighted by molar-refractivity contribution is 7.10. The second-order valence-corrected chi connectivity index (χ2v) is 5.85. The highest BCUT2D eigenvalue weighted by Gasteiger charge is 2.16. The summed E-state index contributed by atoms with van der Waals surface area (Å²) in [6.45, 7) is 7.51. The van der Waals surface area contributed by atoms with Crippen LogP contribution in [0.2, 0.25) is 0 Å². The monoisotopic (exact) mass is 251 g/mol. The smallest absolute Gasteiger partial charge is 0.0595 e. The summed E-state index contributed by atoms with van der Waals surface area (Å²) in [5.74, 6) is 0. The number of hydrogen-bond donors (Lipinski definition) is 1. The molecule has 16 heavy (non-hydrogen) atoms. The van der Waals surface area contributed by atoms with Gasteiger partial charge in [0.05, 0.1) is 6.04 Å². The quantitative estimate of drug-likeness (QED) is 0.861. The van der Waals surface area contributed by atoms with Crippen molar-refractivity contribution in [2.75, 3.05) is 6.54 Å². The molecule has 0 aromatic carbocycles. The standard InChI is InChI=1S/C13H17NS2/c1-4-14-13(11-5-10(3)16-7-11)12-8-15-6-9(12)2/h5-8,13-14H,4H2,1-3H3. The Morgan fingerprint density at radius 2 is 2.06 bits per heavy atom. The number of thiophene rings is 2. The first kappa shape index (κ1) is 11.8. The molecule has 1 nitrogen and oxygen atoms in total. The Morgan fingerprint density at radius 1 is 1.25 bits per heavy atom. The van der Waals surface area contributed by atoms with E-state index in [4.69, 9.17) is 0 Å². The molecule has 2 rings (SSSR count). The van der Waals surface area contributed by atoms with Crippen LogP contribution in [0.15, 0.2) is 22.2 Å². The highest BCUT2D eigenvalue weighted by Crippen LogP contribution is 2.30. The van der Waals surface area contributed by atoms with Gasteiger partial charge in [-0.15, -0.1) is 11.3 Å². The van der Waals surface area contributed by atoms with Gasteiger partial charge in [-0.05, 0) is 59.3 Å². The zero-order valence-corrected chi connectivity index (χ0v) is 11.5. The second-order valence-electron chi connectivity index (χ2n) is 3.99. The minimum atomic E-state index is 0.362. The van der Waals surface area contributed by atoms with Gasteiger partial charge in [0.2, 0.25) is 0 Å². The summed E-state index contributed by atoms with van der Waals surface area (Å²) >= 11 is 3.61. The number of aryl methyl sites for hydroxylation is 2. The van der Waals surface area contributed by atoms with Crippen LogP contribution >= 0.6 is 22.7 Å². The predicted octanol–water partition coefficient (Wildman–Crippen LogP) is 4.13. The predicted molar refractivity (Wildman–Crippen MR) is 73.6 cm³/mol. The molecule has 2 aromatic heterocycles. The summed E-state index contributed by atoms with van der Waals surface area (Å²) in [6.07, 6.45) is 0. The minimum absolute atomic E-state index is 0.362. The van der Waals surface area contributed by atoms with Gasteiger partial charge < -0.3 is 5.32 Å². The van der Waals surface area contributed by atoms with E-state index in [2.05, 4.69) is 48.3 Å². The molecule has 0 aliphatic heterocycles. The first-order valence-electron chi connectivity index (χ1n) is 5.53. The molecule has 0 saturated heterocycles. The molecule has 2 heterocycles. The van der Waals surface area contributed by atoms with Crippen LogP contribution in [0, 0.1) is 13.8 Å². The van der Waals surface area contributed by atoms with Crippen LogP contribution in [0.3, 0.4) is 0 Å². The molecule has 0 aliphatic carbocycles. The van der Waals surface area contributed by atoms with Crippen molar-refractivity contribution in [1.82, 2.24) is 5.32 Å². The lowest BCUT2D eigenvalue weighted by Crippen LogP contribution is -2.21. The Morgan fingerprint density at radius 3 is 2.56 bits per heavy atom. The lowest BCUT2D eigenvalue weighted by Gasteiger charge is -2.17. The van der Waals surface area contributed by atoms with Crippen molar-refractivity contribution in [3.63, 3.8) is 0 Å². The summed E-state index contributed by atoms with van der Waals surface area (Å²) in [6, 6.07) is 2.65. The van der Waals surface area contributed by atoms with Crippen LogP contribution in [0.5, 0.6) is 0 Å². The highest BCUT2D eigenvalue weighted by atomic mass is 32.1. The van der Waals surface area contributed by atoms with E-state index < -0.39 is 0 Å². The lowest BCUT2D eigenvalue weighted by atomic mass is 10.0. The average molecular weight is 251 g/mol. The Kier molecular flexibility index (Phi) is 3.79. The SMILES string of the molecule is CCNC(c1csc(C)c1)c1cscc1C. The second kappa shape index (κ2) is 5.13. The molecule has 0 aliphatic rings. The minimum Gasteiger partial charge on any atom is -0.306 e. The fourth-order valence-corrected chi connectivity index (χ4v) is 3.50. The van der Waals surface area contributed by atoms with E-state index in [9.17, 15) is 0 Å². The fraction of sp³-hybridized carbons (Fsp3) is 0.385. The first-order chi connectivity index (χ1) is 7.72. The summed E-state index contributed by atoms with van der Waals surface area (Å²) in [7, 11) is 0. The van der Waals surface area contributed by atoms with E-state index in [-0.39, 0.29) is 0 Å². The van der Waals surface area contributed by atoms with Gasteiger partial charge in [0.25, 0.3) is 0 Å². The lowest BCUT2D eigenvalue weighted by molar-refractivity contribution is 0.631. The summed E-state index contributed by atoms with van der Waals surface area (Å²) in [5, 5.41) is 10.3. The third-order valence-corrected chi connectivity index (χ3v) is 4.46. The summed E-state index contributed by atoms with van der Waals surface area (Å²) < 4.78 is 0. The first-order valence-corrected chi connectivity index (χ1v) is 7.35. The van der Waals surface area contributed by atoms with Crippen molar-refractivity contribution in [2.24, 2.45) is 0 Å². The van der Waals surface area contributed by atoms with Gasteiger partial charge in [0, 0.05) is 4.88 Å². The fourth-order valence-electron chi connectivity index (χ4n) is 1.89. The van der Waals surface area contributed by atoms with Gasteiger partial charge in [0.1, 0.15) is 0 Å². The summed E-state index contributed by atoms with van der Waals surface area (Å²) in [4.78, 5) is 1.38. The normalized spacial score (nSPS) is 12.9. The zero-order chi connectivity index (χ0) is 11.5. The van der Waals surface area contributed by atoms with Gasteiger partial charge in [-0.2, -0.15) is 11.3 Å². The topological polar surface area (TPSA) is 12.0 Å². The molecular formula is C13H17NS2. The molecule has 0 spiro atoms. The van der Waals surface area contributed by atoms with Crippen molar-refractivity contribution >= 4 is 22.7 Å². The Bertz CT molecular complexity index is 456. The van der Waals surface area contributed by atoms with E-state index in [1.165, 1.54) is 21.6 Å². The molecule has 0 amide bonds. The molecule has 1 atom stereocenters. The van der Waals surface area contributed by atoms with Crippen LogP contribution in [-0.4, -0.2) is 6.54 Å². The molecule has 0 radical (unpaired) electrons. The molecule has 2 aromatic rings. The van der Waals surface area contributed by atoms with Gasteiger partial charge in [0.15, 0.2) is 0 Å². The van der Waals surface area contributed by atoms with Crippen molar-refractivity contribution in [3.05, 3.63) is 43.8 Å². The molecule has 0 saturated carbocycles. The number of rotatable bonds is 4. The van der Waals surface area contributed by atoms with E-state index in [1.807, 2.05) is 11.3 Å². The molecule has 3 heteroatoms. The molecule has 0 fully saturated rings. The Hall–Kier alpha value is -0.640. The van der Waals surface area contributed by atoms with Gasteiger partial charge in [-0.25, -0.2) is 0 Å². The van der Waals surface area contributed by atoms with Crippen molar-refractivity contribution < 1.29 is 0 Å². The zero-order valence-electron chi connectivity index (χ0n) is 9.91. The third kappa shape index (κ3) is 2.37. The van der Waals surface area contributed by atoms with Crippen LogP contribution in [0.1, 0.15) is 34.5 Å². The maximum atomic E-state index is 3.57. The van der Waals surface area contributed by atoms with E-state index in [0.717, 1.165) is 6.54 Å². The van der Waals surface area contributed by atoms with E-state index in [1.54, 1.807) is 11.3 Å². The van der Waals surface area contributed by atoms with E-state index in [0.29, 0.717) is 6.04 Å². The molecule has 86 valence electrons. The summed E-state index contributed by atoms with van der Waals surface area (Å²) in [5.41, 5.74) is 4.20. The van der Waals surface area contributed by atoms with Gasteiger partial charge >= 0.3 is 0 Å². The van der Waals surface area contributed by atoms with Gasteiger partial charge in [-0.1, -0.05) is 6.92 Å². The van der Waals surface area contributed by atoms with Crippen molar-refractivity contribution in [3.8, 4) is 0 Å². The van der Waals surface area contributed by atoms with E-state index >= 15 is 0 Å². The largest absolute Gasteiger partial charge is 0.306 e. The molecule has 0 bridgehead atoms. The molecule has 1 unspecified atom stereocenters. The average Bonchev–Trinajstić information content (AvgIpc) is 2.84. The maximum absolute atomic E-state index is 3.57.